The molecular weight excluding hydrogens is 316 g/mol. The number of hydrogen-bond donors (Lipinski definition) is 1. The quantitative estimate of drug-likeness (QED) is 0.774. The minimum Gasteiger partial charge on any atom is -0.383 e. The van der Waals surface area contributed by atoms with Crippen molar-refractivity contribution in [3.05, 3.63) is 52.6 Å². The van der Waals surface area contributed by atoms with E-state index >= 15 is 0 Å². The molecule has 6 heteroatoms. The first-order valence-corrected chi connectivity index (χ1v) is 8.71. The summed E-state index contributed by atoms with van der Waals surface area (Å²) < 4.78 is 3.22. The number of pyridine rings is 1. The van der Waals surface area contributed by atoms with Crippen LogP contribution in [0.2, 0.25) is 0 Å². The lowest BCUT2D eigenvalue weighted by Gasteiger charge is -2.24. The maximum atomic E-state index is 12.1. The van der Waals surface area contributed by atoms with Gasteiger partial charge in [-0.2, -0.15) is 10.2 Å². The number of fused-ring (bicyclic) bond motifs is 1. The zero-order valence-corrected chi connectivity index (χ0v) is 15.1. The molecule has 3 aromatic heterocycles. The van der Waals surface area contributed by atoms with Crippen molar-refractivity contribution in [1.82, 2.24) is 19.4 Å². The highest BCUT2D eigenvalue weighted by atomic mass is 16.3. The van der Waals surface area contributed by atoms with E-state index in [4.69, 9.17) is 0 Å². The van der Waals surface area contributed by atoms with Crippen LogP contribution in [0.1, 0.15) is 52.3 Å². The van der Waals surface area contributed by atoms with E-state index in [0.29, 0.717) is 24.2 Å². The van der Waals surface area contributed by atoms with Crippen LogP contribution in [0, 0.1) is 0 Å². The molecule has 0 unspecified atom stereocenters. The Hall–Kier alpha value is -2.47. The normalized spacial score (nSPS) is 12.2. The second-order valence-corrected chi connectivity index (χ2v) is 6.59. The number of aromatic nitrogens is 4. The topological polar surface area (TPSA) is 72.4 Å². The highest BCUT2D eigenvalue weighted by Crippen LogP contribution is 2.37. The third-order valence-corrected chi connectivity index (χ3v) is 4.72. The van der Waals surface area contributed by atoms with Crippen molar-refractivity contribution in [2.24, 2.45) is 0 Å². The smallest absolute Gasteiger partial charge is 0.267 e. The van der Waals surface area contributed by atoms with Gasteiger partial charge in [0.25, 0.3) is 5.56 Å². The van der Waals surface area contributed by atoms with Crippen LogP contribution in [0.25, 0.3) is 16.8 Å². The second kappa shape index (κ2) is 6.44. The predicted molar refractivity (Wildman–Crippen MR) is 97.5 cm³/mol. The zero-order valence-electron chi connectivity index (χ0n) is 15.1. The molecular formula is C19H24N4O2. The summed E-state index contributed by atoms with van der Waals surface area (Å²) in [6.07, 6.45) is 2.95. The Balaban J connectivity index is 2.35. The Labute approximate surface area is 146 Å². The molecule has 3 heterocycles. The molecule has 0 aromatic carbocycles. The van der Waals surface area contributed by atoms with Crippen molar-refractivity contribution in [3.8, 4) is 11.3 Å². The van der Waals surface area contributed by atoms with Crippen LogP contribution in [-0.4, -0.2) is 24.5 Å². The number of nitrogens with zero attached hydrogens (tertiary/aromatic N) is 4. The van der Waals surface area contributed by atoms with Gasteiger partial charge in [0.2, 0.25) is 0 Å². The van der Waals surface area contributed by atoms with Gasteiger partial charge in [0, 0.05) is 12.3 Å². The number of aliphatic hydroxyl groups is 1. The highest BCUT2D eigenvalue weighted by molar-refractivity contribution is 5.81. The minimum atomic E-state index is -1.04. The third kappa shape index (κ3) is 2.87. The van der Waals surface area contributed by atoms with Crippen LogP contribution in [0.5, 0.6) is 0 Å². The average molecular weight is 340 g/mol. The summed E-state index contributed by atoms with van der Waals surface area (Å²) >= 11 is 0. The van der Waals surface area contributed by atoms with Gasteiger partial charge in [0.1, 0.15) is 11.3 Å². The second-order valence-electron chi connectivity index (χ2n) is 6.59. The molecule has 0 saturated carbocycles. The first-order chi connectivity index (χ1) is 11.9. The Morgan fingerprint density at radius 1 is 1.12 bits per heavy atom. The number of hydrogen-bond acceptors (Lipinski definition) is 4. The van der Waals surface area contributed by atoms with E-state index in [1.54, 1.807) is 10.6 Å². The molecule has 3 rings (SSSR count). The predicted octanol–water partition coefficient (Wildman–Crippen LogP) is 3.15. The molecule has 0 aliphatic carbocycles. The summed E-state index contributed by atoms with van der Waals surface area (Å²) in [6, 6.07) is 8.96. The molecule has 0 aliphatic rings. The van der Waals surface area contributed by atoms with Crippen molar-refractivity contribution >= 4 is 5.52 Å². The Morgan fingerprint density at radius 2 is 1.84 bits per heavy atom. The van der Waals surface area contributed by atoms with Gasteiger partial charge in [-0.1, -0.05) is 19.9 Å². The summed E-state index contributed by atoms with van der Waals surface area (Å²) in [6.45, 7) is 7.73. The van der Waals surface area contributed by atoms with Gasteiger partial charge in [0.15, 0.2) is 0 Å². The van der Waals surface area contributed by atoms with E-state index in [1.807, 2.05) is 52.1 Å². The standard InChI is InChI=1S/C19H24N4O2/c1-5-19(25,6-2)18-17(15-9-7-8-12-22(15)21-18)14-10-11-16(24)23(20-14)13(3)4/h7-13,25H,5-6H2,1-4H3. The van der Waals surface area contributed by atoms with E-state index < -0.39 is 5.60 Å². The maximum absolute atomic E-state index is 12.1. The van der Waals surface area contributed by atoms with Crippen LogP contribution < -0.4 is 5.56 Å². The summed E-state index contributed by atoms with van der Waals surface area (Å²) in [5.74, 6) is 0. The molecule has 0 radical (unpaired) electrons. The van der Waals surface area contributed by atoms with Gasteiger partial charge in [-0.05, 0) is 44.9 Å². The monoisotopic (exact) mass is 340 g/mol. The fraction of sp³-hybridized carbons (Fsp3) is 0.421. The maximum Gasteiger partial charge on any atom is 0.267 e. The largest absolute Gasteiger partial charge is 0.383 e. The Bertz CT molecular complexity index is 951. The van der Waals surface area contributed by atoms with Crippen LogP contribution >= 0.6 is 0 Å². The van der Waals surface area contributed by atoms with Crippen molar-refractivity contribution in [1.29, 1.82) is 0 Å². The lowest BCUT2D eigenvalue weighted by molar-refractivity contribution is 0.0243. The summed E-state index contributed by atoms with van der Waals surface area (Å²) in [5, 5.41) is 20.3. The molecule has 25 heavy (non-hydrogen) atoms. The molecule has 0 bridgehead atoms. The summed E-state index contributed by atoms with van der Waals surface area (Å²) in [4.78, 5) is 12.1. The third-order valence-electron chi connectivity index (χ3n) is 4.72. The highest BCUT2D eigenvalue weighted by Gasteiger charge is 2.33. The van der Waals surface area contributed by atoms with E-state index in [1.165, 1.54) is 10.7 Å². The van der Waals surface area contributed by atoms with E-state index in [0.717, 1.165) is 11.1 Å². The van der Waals surface area contributed by atoms with Gasteiger partial charge >= 0.3 is 0 Å². The van der Waals surface area contributed by atoms with Crippen LogP contribution in [0.4, 0.5) is 0 Å². The summed E-state index contributed by atoms with van der Waals surface area (Å²) in [7, 11) is 0. The fourth-order valence-corrected chi connectivity index (χ4v) is 3.09. The molecule has 0 saturated heterocycles. The first kappa shape index (κ1) is 17.4. The van der Waals surface area contributed by atoms with Crippen molar-refractivity contribution in [2.75, 3.05) is 0 Å². The molecule has 132 valence electrons. The molecule has 0 aliphatic heterocycles. The zero-order chi connectivity index (χ0) is 18.2. The fourth-order valence-electron chi connectivity index (χ4n) is 3.09. The molecule has 3 aromatic rings. The molecule has 0 amide bonds. The SMILES string of the molecule is CCC(O)(CC)c1nn2ccccc2c1-c1ccc(=O)n(C(C)C)n1. The Morgan fingerprint density at radius 3 is 2.48 bits per heavy atom. The average Bonchev–Trinajstić information content (AvgIpc) is 3.01. The van der Waals surface area contributed by atoms with Crippen molar-refractivity contribution in [3.63, 3.8) is 0 Å². The van der Waals surface area contributed by atoms with E-state index in [-0.39, 0.29) is 11.6 Å². The van der Waals surface area contributed by atoms with Crippen molar-refractivity contribution in [2.45, 2.75) is 52.2 Å². The van der Waals surface area contributed by atoms with Gasteiger partial charge in [-0.15, -0.1) is 0 Å². The van der Waals surface area contributed by atoms with Gasteiger partial charge in [0.05, 0.1) is 22.8 Å². The molecule has 6 nitrogen and oxygen atoms in total. The molecule has 1 N–H and O–H groups in total. The van der Waals surface area contributed by atoms with E-state index in [9.17, 15) is 9.90 Å². The van der Waals surface area contributed by atoms with Crippen LogP contribution in [0.3, 0.4) is 0 Å². The van der Waals surface area contributed by atoms with Gasteiger partial charge in [-0.3, -0.25) is 4.79 Å². The molecule has 0 atom stereocenters. The van der Waals surface area contributed by atoms with Crippen LogP contribution in [-0.2, 0) is 5.60 Å². The molecule has 0 fully saturated rings. The molecule has 0 spiro atoms. The van der Waals surface area contributed by atoms with E-state index in [2.05, 4.69) is 10.2 Å². The van der Waals surface area contributed by atoms with Gasteiger partial charge < -0.3 is 5.11 Å². The van der Waals surface area contributed by atoms with Crippen molar-refractivity contribution < 1.29 is 5.11 Å². The lowest BCUT2D eigenvalue weighted by Crippen LogP contribution is -2.26. The first-order valence-electron chi connectivity index (χ1n) is 8.71. The minimum absolute atomic E-state index is 0.0472. The van der Waals surface area contributed by atoms with Crippen LogP contribution in [0.15, 0.2) is 41.3 Å². The summed E-state index contributed by atoms with van der Waals surface area (Å²) in [5.41, 5.74) is 1.70. The number of rotatable bonds is 5. The Kier molecular flexibility index (Phi) is 4.47. The lowest BCUT2D eigenvalue weighted by atomic mass is 9.89. The van der Waals surface area contributed by atoms with Gasteiger partial charge in [-0.25, -0.2) is 9.20 Å².